The predicted molar refractivity (Wildman–Crippen MR) is 141 cm³/mol. The number of fused-ring (bicyclic) bond motifs is 7. The minimum Gasteiger partial charge on any atom is -0.494 e. The van der Waals surface area contributed by atoms with E-state index in [0.29, 0.717) is 57.6 Å². The minimum atomic E-state index is -0.907. The number of rotatable bonds is 4. The summed E-state index contributed by atoms with van der Waals surface area (Å²) >= 11 is 6.06. The van der Waals surface area contributed by atoms with E-state index in [4.69, 9.17) is 20.9 Å². The van der Waals surface area contributed by atoms with Crippen LogP contribution in [0, 0.1) is 11.3 Å². The van der Waals surface area contributed by atoms with Crippen molar-refractivity contribution < 1.29 is 19.5 Å². The third kappa shape index (κ3) is 2.91. The maximum absolute atomic E-state index is 12.9. The van der Waals surface area contributed by atoms with Crippen molar-refractivity contribution in [3.05, 3.63) is 86.7 Å². The van der Waals surface area contributed by atoms with Gasteiger partial charge in [-0.1, -0.05) is 35.9 Å². The SMILES string of the molecule is C[C@]12CC[C@](CCn3oc4cc(Cl)ccc4c3=O)(O1)c1c2c(O)n(-c2ccc(C#N)c3ccccc23)c1O. The van der Waals surface area contributed by atoms with Gasteiger partial charge in [0.2, 0.25) is 11.8 Å². The van der Waals surface area contributed by atoms with Gasteiger partial charge in [-0.05, 0) is 44.0 Å². The second-order valence-electron chi connectivity index (χ2n) is 10.2. The van der Waals surface area contributed by atoms with Crippen LogP contribution in [-0.2, 0) is 22.5 Å². The first kappa shape index (κ1) is 23.0. The number of hydrogen-bond donors (Lipinski definition) is 2. The Morgan fingerprint density at radius 3 is 2.58 bits per heavy atom. The van der Waals surface area contributed by atoms with Gasteiger partial charge in [0.1, 0.15) is 5.60 Å². The van der Waals surface area contributed by atoms with E-state index in [1.165, 1.54) is 9.31 Å². The van der Waals surface area contributed by atoms with Gasteiger partial charge < -0.3 is 19.5 Å². The number of aryl methyl sites for hydroxylation is 1. The number of hydrogen-bond acceptors (Lipinski definition) is 6. The van der Waals surface area contributed by atoms with Crippen LogP contribution >= 0.6 is 11.6 Å². The molecule has 3 aromatic carbocycles. The normalized spacial score (nSPS) is 21.8. The van der Waals surface area contributed by atoms with Crippen LogP contribution in [0.5, 0.6) is 11.8 Å². The lowest BCUT2D eigenvalue weighted by molar-refractivity contribution is -0.0872. The Hall–Kier alpha value is -4.19. The molecule has 4 heterocycles. The lowest BCUT2D eigenvalue weighted by Crippen LogP contribution is -2.27. The molecule has 1 saturated heterocycles. The third-order valence-electron chi connectivity index (χ3n) is 8.12. The second kappa shape index (κ2) is 7.67. The summed E-state index contributed by atoms with van der Waals surface area (Å²) in [7, 11) is 0. The van der Waals surface area contributed by atoms with Crippen LogP contribution in [0.25, 0.3) is 27.4 Å². The van der Waals surface area contributed by atoms with Gasteiger partial charge in [-0.2, -0.15) is 10.0 Å². The average molecular weight is 528 g/mol. The molecule has 2 aliphatic heterocycles. The summed E-state index contributed by atoms with van der Waals surface area (Å²) in [6, 6.07) is 17.9. The van der Waals surface area contributed by atoms with Gasteiger partial charge in [0.05, 0.1) is 46.0 Å². The standard InChI is InChI=1S/C29H22ClN3O5/c1-28-10-11-29(38-28,12-13-32-25(34)20-8-7-17(30)14-22(20)37-32)24-23(28)26(35)33(27(24)36)21-9-6-16(15-31)18-4-2-3-5-19(18)21/h2-9,14,35-36H,10-13H2,1H3/t28-,29-/m1/s1. The molecule has 190 valence electrons. The molecule has 0 amide bonds. The van der Waals surface area contributed by atoms with E-state index in [1.54, 1.807) is 30.3 Å². The fourth-order valence-electron chi connectivity index (χ4n) is 6.38. The molecule has 7 rings (SSSR count). The average Bonchev–Trinajstić information content (AvgIpc) is 3.58. The summed E-state index contributed by atoms with van der Waals surface area (Å²) in [5, 5.41) is 35.1. The van der Waals surface area contributed by atoms with Gasteiger partial charge in [-0.15, -0.1) is 0 Å². The predicted octanol–water partition coefficient (Wildman–Crippen LogP) is 5.80. The van der Waals surface area contributed by atoms with Crippen LogP contribution in [0.3, 0.4) is 0 Å². The first-order valence-corrected chi connectivity index (χ1v) is 12.7. The van der Waals surface area contributed by atoms with Crippen molar-refractivity contribution in [3.8, 4) is 23.5 Å². The first-order chi connectivity index (χ1) is 18.3. The Kier molecular flexibility index (Phi) is 4.63. The number of aromatic hydroxyl groups is 2. The van der Waals surface area contributed by atoms with Gasteiger partial charge in [0.25, 0.3) is 5.56 Å². The zero-order chi connectivity index (χ0) is 26.4. The van der Waals surface area contributed by atoms with Crippen molar-refractivity contribution in [2.75, 3.05) is 0 Å². The topological polar surface area (TPSA) is 114 Å². The highest BCUT2D eigenvalue weighted by Crippen LogP contribution is 2.65. The molecule has 5 aromatic rings. The Balaban J connectivity index is 1.35. The van der Waals surface area contributed by atoms with Crippen molar-refractivity contribution in [1.29, 1.82) is 5.26 Å². The molecule has 0 aliphatic carbocycles. The maximum Gasteiger partial charge on any atom is 0.290 e. The number of ether oxygens (including phenoxy) is 1. The quantitative estimate of drug-likeness (QED) is 0.305. The van der Waals surface area contributed by atoms with E-state index in [-0.39, 0.29) is 23.9 Å². The highest BCUT2D eigenvalue weighted by atomic mass is 35.5. The van der Waals surface area contributed by atoms with Crippen molar-refractivity contribution in [2.24, 2.45) is 0 Å². The van der Waals surface area contributed by atoms with E-state index in [1.807, 2.05) is 31.2 Å². The van der Waals surface area contributed by atoms with E-state index >= 15 is 0 Å². The van der Waals surface area contributed by atoms with Crippen molar-refractivity contribution >= 4 is 33.3 Å². The van der Waals surface area contributed by atoms with Crippen molar-refractivity contribution in [2.45, 2.75) is 43.9 Å². The lowest BCUT2D eigenvalue weighted by Gasteiger charge is -2.26. The Labute approximate surface area is 221 Å². The number of nitrogens with zero attached hydrogens (tertiary/aromatic N) is 3. The van der Waals surface area contributed by atoms with Crippen molar-refractivity contribution in [1.82, 2.24) is 9.31 Å². The molecule has 0 unspecified atom stereocenters. The van der Waals surface area contributed by atoms with Crippen LogP contribution < -0.4 is 5.56 Å². The van der Waals surface area contributed by atoms with Crippen LogP contribution in [0.4, 0.5) is 0 Å². The van der Waals surface area contributed by atoms with Crippen LogP contribution in [0.2, 0.25) is 5.02 Å². The smallest absolute Gasteiger partial charge is 0.290 e. The molecule has 2 bridgehead atoms. The van der Waals surface area contributed by atoms with Gasteiger partial charge in [0.15, 0.2) is 5.58 Å². The molecule has 0 saturated carbocycles. The zero-order valence-corrected chi connectivity index (χ0v) is 21.1. The fourth-order valence-corrected chi connectivity index (χ4v) is 6.54. The van der Waals surface area contributed by atoms with Gasteiger partial charge in [-0.3, -0.25) is 9.36 Å². The monoisotopic (exact) mass is 527 g/mol. The highest BCUT2D eigenvalue weighted by Gasteiger charge is 2.61. The van der Waals surface area contributed by atoms with Crippen LogP contribution in [0.1, 0.15) is 42.9 Å². The minimum absolute atomic E-state index is 0.0908. The summed E-state index contributed by atoms with van der Waals surface area (Å²) in [6.07, 6.45) is 1.62. The molecule has 2 atom stereocenters. The summed E-state index contributed by atoms with van der Waals surface area (Å²) < 4.78 is 15.0. The van der Waals surface area contributed by atoms with Crippen molar-refractivity contribution in [3.63, 3.8) is 0 Å². The van der Waals surface area contributed by atoms with E-state index < -0.39 is 11.2 Å². The van der Waals surface area contributed by atoms with E-state index in [9.17, 15) is 20.3 Å². The molecule has 0 radical (unpaired) electrons. The first-order valence-electron chi connectivity index (χ1n) is 12.4. The number of aromatic nitrogens is 2. The second-order valence-corrected chi connectivity index (χ2v) is 10.7. The molecule has 8 nitrogen and oxygen atoms in total. The number of nitriles is 1. The molecule has 38 heavy (non-hydrogen) atoms. The largest absolute Gasteiger partial charge is 0.494 e. The third-order valence-corrected chi connectivity index (χ3v) is 8.36. The Morgan fingerprint density at radius 2 is 1.79 bits per heavy atom. The highest BCUT2D eigenvalue weighted by molar-refractivity contribution is 6.31. The van der Waals surface area contributed by atoms with Crippen LogP contribution in [-0.4, -0.2) is 19.5 Å². The number of benzene rings is 3. The molecule has 2 aliphatic rings. The van der Waals surface area contributed by atoms with Crippen LogP contribution in [0.15, 0.2) is 63.9 Å². The molecule has 1 fully saturated rings. The van der Waals surface area contributed by atoms with Gasteiger partial charge in [0, 0.05) is 28.3 Å². The number of halogens is 1. The van der Waals surface area contributed by atoms with Gasteiger partial charge in [-0.25, -0.2) is 0 Å². The van der Waals surface area contributed by atoms with E-state index in [2.05, 4.69) is 6.07 Å². The molecule has 0 spiro atoms. The maximum atomic E-state index is 12.9. The summed E-state index contributed by atoms with van der Waals surface area (Å²) in [5.74, 6) is -0.202. The summed E-state index contributed by atoms with van der Waals surface area (Å²) in [5.41, 5.74) is 0.596. The fraction of sp³-hybridized carbons (Fsp3) is 0.241. The molecular weight excluding hydrogens is 506 g/mol. The summed E-state index contributed by atoms with van der Waals surface area (Å²) in [6.45, 7) is 2.13. The zero-order valence-electron chi connectivity index (χ0n) is 20.4. The molecule has 2 N–H and O–H groups in total. The molecule has 9 heteroatoms. The lowest BCUT2D eigenvalue weighted by atomic mass is 9.78. The Morgan fingerprint density at radius 1 is 1.03 bits per heavy atom. The molecular formula is C29H22ClN3O5. The Bertz CT molecular complexity index is 1910. The van der Waals surface area contributed by atoms with E-state index in [0.717, 1.165) is 10.8 Å². The van der Waals surface area contributed by atoms with Gasteiger partial charge >= 0.3 is 0 Å². The summed E-state index contributed by atoms with van der Waals surface area (Å²) in [4.78, 5) is 12.9. The molecule has 2 aromatic heterocycles.